The van der Waals surface area contributed by atoms with Crippen LogP contribution in [0, 0.1) is 11.8 Å². The first-order valence-electron chi connectivity index (χ1n) is 9.91. The molecule has 26 heavy (non-hydrogen) atoms. The molecule has 0 radical (unpaired) electrons. The number of benzene rings is 1. The van der Waals surface area contributed by atoms with Gasteiger partial charge in [0.1, 0.15) is 0 Å². The first-order chi connectivity index (χ1) is 12.6. The van der Waals surface area contributed by atoms with E-state index in [1.54, 1.807) is 0 Å². The molecule has 0 bridgehead atoms. The zero-order chi connectivity index (χ0) is 17.9. The summed E-state index contributed by atoms with van der Waals surface area (Å²) in [6.45, 7) is 1.22. The van der Waals surface area contributed by atoms with E-state index < -0.39 is 0 Å². The van der Waals surface area contributed by atoms with Crippen molar-refractivity contribution in [3.63, 3.8) is 0 Å². The highest BCUT2D eigenvalue weighted by atomic mass is 16.3. The van der Waals surface area contributed by atoms with Crippen LogP contribution in [0.4, 0.5) is 0 Å². The lowest BCUT2D eigenvalue weighted by atomic mass is 9.60. The van der Waals surface area contributed by atoms with Crippen LogP contribution in [-0.4, -0.2) is 58.0 Å². The fourth-order valence-corrected chi connectivity index (χ4v) is 5.09. The van der Waals surface area contributed by atoms with Crippen LogP contribution in [0.1, 0.15) is 43.6 Å². The number of rotatable bonds is 5. The van der Waals surface area contributed by atoms with Gasteiger partial charge in [-0.05, 0) is 37.2 Å². The summed E-state index contributed by atoms with van der Waals surface area (Å²) in [7, 11) is 0. The molecule has 4 fully saturated rings. The molecular formula is C21H26N2O3. The van der Waals surface area contributed by atoms with E-state index in [1.165, 1.54) is 5.56 Å². The summed E-state index contributed by atoms with van der Waals surface area (Å²) in [5.74, 6) is 1.27. The highest BCUT2D eigenvalue weighted by Crippen LogP contribution is 2.55. The summed E-state index contributed by atoms with van der Waals surface area (Å²) in [6, 6.07) is 10.0. The highest BCUT2D eigenvalue weighted by molar-refractivity contribution is 5.85. The van der Waals surface area contributed by atoms with Crippen LogP contribution < -0.4 is 0 Å². The van der Waals surface area contributed by atoms with Gasteiger partial charge in [0.15, 0.2) is 0 Å². The summed E-state index contributed by atoms with van der Waals surface area (Å²) < 4.78 is 0. The van der Waals surface area contributed by atoms with Crippen LogP contribution in [-0.2, 0) is 9.59 Å². The minimum absolute atomic E-state index is 0.0196. The van der Waals surface area contributed by atoms with Crippen molar-refractivity contribution >= 4 is 11.8 Å². The fourth-order valence-electron chi connectivity index (χ4n) is 5.09. The van der Waals surface area contributed by atoms with Crippen molar-refractivity contribution in [2.75, 3.05) is 19.7 Å². The van der Waals surface area contributed by atoms with Gasteiger partial charge >= 0.3 is 0 Å². The maximum atomic E-state index is 13.0. The average molecular weight is 354 g/mol. The minimum atomic E-state index is -0.314. The van der Waals surface area contributed by atoms with E-state index >= 15 is 0 Å². The van der Waals surface area contributed by atoms with E-state index in [4.69, 9.17) is 0 Å². The van der Waals surface area contributed by atoms with Crippen LogP contribution in [0.15, 0.2) is 30.3 Å². The first kappa shape index (κ1) is 16.3. The predicted octanol–water partition coefficient (Wildman–Crippen LogP) is 1.76. The Balaban J connectivity index is 1.42. The quantitative estimate of drug-likeness (QED) is 0.877. The molecule has 2 atom stereocenters. The van der Waals surface area contributed by atoms with Gasteiger partial charge < -0.3 is 14.9 Å². The molecule has 0 aromatic heterocycles. The van der Waals surface area contributed by atoms with Gasteiger partial charge in [0.25, 0.3) is 0 Å². The second-order valence-corrected chi connectivity index (χ2v) is 8.62. The van der Waals surface area contributed by atoms with Crippen LogP contribution in [0.25, 0.3) is 0 Å². The molecule has 5 rings (SSSR count). The fraction of sp³-hybridized carbons (Fsp3) is 0.619. The van der Waals surface area contributed by atoms with Crippen molar-refractivity contribution in [2.24, 2.45) is 11.8 Å². The number of nitrogens with zero attached hydrogens (tertiary/aromatic N) is 2. The Kier molecular flexibility index (Phi) is 3.64. The molecule has 5 nitrogen and oxygen atoms in total. The average Bonchev–Trinajstić information content (AvgIpc) is 3.47. The van der Waals surface area contributed by atoms with Crippen molar-refractivity contribution in [3.8, 4) is 0 Å². The van der Waals surface area contributed by atoms with Crippen LogP contribution in [0.3, 0.4) is 0 Å². The summed E-state index contributed by atoms with van der Waals surface area (Å²) in [5.41, 5.74) is 0.853. The topological polar surface area (TPSA) is 60.9 Å². The number of aliphatic hydroxyl groups is 1. The van der Waals surface area contributed by atoms with Gasteiger partial charge in [0.2, 0.25) is 11.8 Å². The molecule has 1 N–H and O–H groups in total. The van der Waals surface area contributed by atoms with E-state index in [2.05, 4.69) is 12.1 Å². The second kappa shape index (κ2) is 5.81. The number of carbonyl (C=O) groups is 2. The van der Waals surface area contributed by atoms with Gasteiger partial charge in [-0.2, -0.15) is 0 Å². The molecule has 4 aliphatic rings. The predicted molar refractivity (Wildman–Crippen MR) is 96.3 cm³/mol. The zero-order valence-electron chi connectivity index (χ0n) is 15.0. The van der Waals surface area contributed by atoms with Crippen LogP contribution in [0.2, 0.25) is 0 Å². The largest absolute Gasteiger partial charge is 0.394 e. The third-order valence-electron chi connectivity index (χ3n) is 6.72. The van der Waals surface area contributed by atoms with Gasteiger partial charge in [-0.25, -0.2) is 0 Å². The van der Waals surface area contributed by atoms with Crippen molar-refractivity contribution in [1.29, 1.82) is 0 Å². The molecule has 2 aliphatic heterocycles. The molecule has 1 spiro atoms. The van der Waals surface area contributed by atoms with Gasteiger partial charge in [0.05, 0.1) is 18.2 Å². The highest BCUT2D eigenvalue weighted by Gasteiger charge is 2.68. The molecule has 1 aromatic rings. The minimum Gasteiger partial charge on any atom is -0.394 e. The standard InChI is InChI=1S/C21H26N2O3/c24-11-17-19(15-4-2-1-3-5-15)21(23(17)18(25)10-14-6-7-14)12-22(13-21)20(26)16-8-9-16/h1-5,14,16-17,19,24H,6-13H2/t17-,19-/m1/s1. The van der Waals surface area contributed by atoms with Gasteiger partial charge in [-0.3, -0.25) is 9.59 Å². The SMILES string of the molecule is O=C(C1CC1)N1CC2(C1)[C@H](c1ccccc1)[C@@H](CO)N2C(=O)CC1CC1. The molecule has 0 unspecified atom stereocenters. The third kappa shape index (κ3) is 2.40. The number of carbonyl (C=O) groups excluding carboxylic acids is 2. The molecular weight excluding hydrogens is 328 g/mol. The van der Waals surface area contributed by atoms with E-state index in [9.17, 15) is 14.7 Å². The Morgan fingerprint density at radius 2 is 1.77 bits per heavy atom. The van der Waals surface area contributed by atoms with Crippen LogP contribution in [0.5, 0.6) is 0 Å². The lowest BCUT2D eigenvalue weighted by molar-refractivity contribution is -0.203. The zero-order valence-corrected chi connectivity index (χ0v) is 15.0. The van der Waals surface area contributed by atoms with Crippen molar-refractivity contribution in [2.45, 2.75) is 49.6 Å². The molecule has 5 heteroatoms. The molecule has 2 saturated heterocycles. The van der Waals surface area contributed by atoms with Gasteiger partial charge in [0, 0.05) is 31.3 Å². The summed E-state index contributed by atoms with van der Waals surface area (Å²) in [6.07, 6.45) is 4.90. The maximum Gasteiger partial charge on any atom is 0.225 e. The molecule has 2 saturated carbocycles. The van der Waals surface area contributed by atoms with Gasteiger partial charge in [-0.1, -0.05) is 30.3 Å². The van der Waals surface area contributed by atoms with Crippen LogP contribution >= 0.6 is 0 Å². The number of hydrogen-bond acceptors (Lipinski definition) is 3. The van der Waals surface area contributed by atoms with Gasteiger partial charge in [-0.15, -0.1) is 0 Å². The van der Waals surface area contributed by atoms with E-state index in [0.29, 0.717) is 25.4 Å². The Bertz CT molecular complexity index is 720. The summed E-state index contributed by atoms with van der Waals surface area (Å²) in [4.78, 5) is 29.3. The van der Waals surface area contributed by atoms with Crippen molar-refractivity contribution < 1.29 is 14.7 Å². The number of likely N-dealkylation sites (tertiary alicyclic amines) is 2. The van der Waals surface area contributed by atoms with E-state index in [1.807, 2.05) is 28.0 Å². The number of aliphatic hydroxyl groups excluding tert-OH is 1. The van der Waals surface area contributed by atoms with Crippen molar-refractivity contribution in [1.82, 2.24) is 9.80 Å². The molecule has 138 valence electrons. The Morgan fingerprint density at radius 1 is 1.08 bits per heavy atom. The lowest BCUT2D eigenvalue weighted by Crippen LogP contribution is -2.86. The first-order valence-corrected chi connectivity index (χ1v) is 9.91. The molecule has 1 aromatic carbocycles. The number of amides is 2. The maximum absolute atomic E-state index is 13.0. The second-order valence-electron chi connectivity index (χ2n) is 8.62. The normalized spacial score (nSPS) is 29.3. The molecule has 2 aliphatic carbocycles. The molecule has 2 heterocycles. The smallest absolute Gasteiger partial charge is 0.225 e. The van der Waals surface area contributed by atoms with E-state index in [0.717, 1.165) is 25.7 Å². The number of hydrogen-bond donors (Lipinski definition) is 1. The summed E-state index contributed by atoms with van der Waals surface area (Å²) >= 11 is 0. The Morgan fingerprint density at radius 3 is 2.35 bits per heavy atom. The molecule has 2 amide bonds. The monoisotopic (exact) mass is 354 g/mol. The van der Waals surface area contributed by atoms with E-state index in [-0.39, 0.29) is 41.8 Å². The Labute approximate surface area is 154 Å². The van der Waals surface area contributed by atoms with Crippen molar-refractivity contribution in [3.05, 3.63) is 35.9 Å². The summed E-state index contributed by atoms with van der Waals surface area (Å²) in [5, 5.41) is 10.0. The Hall–Kier alpha value is -1.88. The lowest BCUT2D eigenvalue weighted by Gasteiger charge is -2.70. The third-order valence-corrected chi connectivity index (χ3v) is 6.72.